The standard InChI is InChI=1S/C15H13NS2.C2H4/c1-11-10-18-15(17)16(11)9-12-6-7-13-4-2-3-5-14(13)8-12;1-2/h2-8H,1,9-10H2;1-2H2. The molecule has 0 bridgehead atoms. The lowest BCUT2D eigenvalue weighted by Crippen LogP contribution is -2.20. The van der Waals surface area contributed by atoms with E-state index in [0.29, 0.717) is 0 Å². The van der Waals surface area contributed by atoms with Gasteiger partial charge in [-0.05, 0) is 22.4 Å². The third-order valence-corrected chi connectivity index (χ3v) is 4.64. The molecule has 1 saturated heterocycles. The number of rotatable bonds is 2. The van der Waals surface area contributed by atoms with E-state index in [-0.39, 0.29) is 0 Å². The largest absolute Gasteiger partial charge is 0.326 e. The van der Waals surface area contributed by atoms with Crippen LogP contribution in [0.25, 0.3) is 10.8 Å². The molecule has 0 aliphatic carbocycles. The number of nitrogens with zero attached hydrogens (tertiary/aromatic N) is 1. The van der Waals surface area contributed by atoms with Gasteiger partial charge in [0.2, 0.25) is 0 Å². The Labute approximate surface area is 130 Å². The third kappa shape index (κ3) is 3.11. The molecule has 1 fully saturated rings. The minimum Gasteiger partial charge on any atom is -0.326 e. The fourth-order valence-electron chi connectivity index (χ4n) is 2.13. The van der Waals surface area contributed by atoms with Crippen molar-refractivity contribution in [3.8, 4) is 0 Å². The molecule has 2 aromatic carbocycles. The van der Waals surface area contributed by atoms with E-state index in [2.05, 4.69) is 67.1 Å². The summed E-state index contributed by atoms with van der Waals surface area (Å²) in [4.78, 5) is 2.13. The highest BCUT2D eigenvalue weighted by Crippen LogP contribution is 2.28. The van der Waals surface area contributed by atoms with Crippen molar-refractivity contribution in [2.24, 2.45) is 0 Å². The van der Waals surface area contributed by atoms with Crippen LogP contribution in [-0.4, -0.2) is 15.0 Å². The van der Waals surface area contributed by atoms with Crippen LogP contribution < -0.4 is 0 Å². The third-order valence-electron chi connectivity index (χ3n) is 3.12. The summed E-state index contributed by atoms with van der Waals surface area (Å²) in [5, 5.41) is 2.55. The first-order valence-corrected chi connectivity index (χ1v) is 7.73. The van der Waals surface area contributed by atoms with Crippen LogP contribution in [0.15, 0.2) is 67.9 Å². The smallest absolute Gasteiger partial charge is 0.141 e. The Hall–Kier alpha value is -1.58. The number of hydrogen-bond acceptors (Lipinski definition) is 2. The number of benzene rings is 2. The fraction of sp³-hybridized carbons (Fsp3) is 0.118. The molecule has 1 aliphatic rings. The molecule has 20 heavy (non-hydrogen) atoms. The van der Waals surface area contributed by atoms with E-state index in [1.165, 1.54) is 16.3 Å². The highest BCUT2D eigenvalue weighted by Gasteiger charge is 2.21. The second-order valence-electron chi connectivity index (χ2n) is 4.39. The predicted molar refractivity (Wildman–Crippen MR) is 94.9 cm³/mol. The quantitative estimate of drug-likeness (QED) is 0.568. The molecular formula is C17H17NS2. The second kappa shape index (κ2) is 6.73. The zero-order valence-corrected chi connectivity index (χ0v) is 13.0. The zero-order valence-electron chi connectivity index (χ0n) is 11.3. The first kappa shape index (κ1) is 14.8. The maximum Gasteiger partial charge on any atom is 0.141 e. The molecule has 1 aliphatic heterocycles. The Morgan fingerprint density at radius 3 is 2.45 bits per heavy atom. The molecule has 0 unspecified atom stereocenters. The highest BCUT2D eigenvalue weighted by atomic mass is 32.2. The van der Waals surface area contributed by atoms with Gasteiger partial charge in [-0.3, -0.25) is 0 Å². The van der Waals surface area contributed by atoms with Gasteiger partial charge in [-0.25, -0.2) is 0 Å². The molecule has 102 valence electrons. The SMILES string of the molecule is C=C.C=C1CSC(=S)N1Cc1ccc2ccccc2c1. The summed E-state index contributed by atoms with van der Waals surface area (Å²) >= 11 is 7.03. The number of thiocarbonyl (C=S) groups is 1. The van der Waals surface area contributed by atoms with E-state index in [1.54, 1.807) is 11.8 Å². The van der Waals surface area contributed by atoms with Crippen LogP contribution in [0.1, 0.15) is 5.56 Å². The highest BCUT2D eigenvalue weighted by molar-refractivity contribution is 8.23. The topological polar surface area (TPSA) is 3.24 Å². The van der Waals surface area contributed by atoms with Crippen molar-refractivity contribution < 1.29 is 0 Å². The molecule has 1 nitrogen and oxygen atoms in total. The van der Waals surface area contributed by atoms with Crippen LogP contribution in [0, 0.1) is 0 Å². The average molecular weight is 299 g/mol. The summed E-state index contributed by atoms with van der Waals surface area (Å²) in [6.07, 6.45) is 0. The van der Waals surface area contributed by atoms with Crippen molar-refractivity contribution in [3.05, 3.63) is 73.5 Å². The van der Waals surface area contributed by atoms with Crippen LogP contribution >= 0.6 is 24.0 Å². The van der Waals surface area contributed by atoms with Gasteiger partial charge in [0.25, 0.3) is 0 Å². The van der Waals surface area contributed by atoms with E-state index < -0.39 is 0 Å². The molecular weight excluding hydrogens is 282 g/mol. The Bertz CT molecular complexity index is 632. The average Bonchev–Trinajstić information content (AvgIpc) is 2.81. The minimum absolute atomic E-state index is 0.829. The molecule has 2 aromatic rings. The van der Waals surface area contributed by atoms with Crippen LogP contribution in [0.4, 0.5) is 0 Å². The molecule has 0 atom stereocenters. The van der Waals surface area contributed by atoms with Gasteiger partial charge < -0.3 is 4.90 Å². The monoisotopic (exact) mass is 299 g/mol. The van der Waals surface area contributed by atoms with Crippen molar-refractivity contribution in [1.82, 2.24) is 4.90 Å². The minimum atomic E-state index is 0.829. The normalized spacial score (nSPS) is 14.3. The summed E-state index contributed by atoms with van der Waals surface area (Å²) in [6.45, 7) is 10.9. The van der Waals surface area contributed by atoms with Gasteiger partial charge in [0.1, 0.15) is 4.32 Å². The van der Waals surface area contributed by atoms with Gasteiger partial charge in [0, 0.05) is 18.0 Å². The Morgan fingerprint density at radius 1 is 1.10 bits per heavy atom. The van der Waals surface area contributed by atoms with Crippen LogP contribution in [0.5, 0.6) is 0 Å². The van der Waals surface area contributed by atoms with E-state index in [4.69, 9.17) is 12.2 Å². The summed E-state index contributed by atoms with van der Waals surface area (Å²) in [7, 11) is 0. The van der Waals surface area contributed by atoms with Gasteiger partial charge in [-0.1, -0.05) is 67.0 Å². The molecule has 0 amide bonds. The lowest BCUT2D eigenvalue weighted by atomic mass is 10.1. The molecule has 0 N–H and O–H groups in total. The summed E-state index contributed by atoms with van der Waals surface area (Å²) in [5.41, 5.74) is 2.39. The van der Waals surface area contributed by atoms with Crippen molar-refractivity contribution in [3.63, 3.8) is 0 Å². The van der Waals surface area contributed by atoms with Crippen LogP contribution in [0.2, 0.25) is 0 Å². The van der Waals surface area contributed by atoms with E-state index in [0.717, 1.165) is 22.3 Å². The van der Waals surface area contributed by atoms with Gasteiger partial charge >= 0.3 is 0 Å². The number of hydrogen-bond donors (Lipinski definition) is 0. The Morgan fingerprint density at radius 2 is 1.80 bits per heavy atom. The van der Waals surface area contributed by atoms with Gasteiger partial charge in [0.05, 0.1) is 0 Å². The first-order chi connectivity index (χ1) is 9.74. The van der Waals surface area contributed by atoms with E-state index in [9.17, 15) is 0 Å². The van der Waals surface area contributed by atoms with Crippen molar-refractivity contribution in [1.29, 1.82) is 0 Å². The van der Waals surface area contributed by atoms with Gasteiger partial charge in [-0.15, -0.1) is 13.2 Å². The van der Waals surface area contributed by atoms with Gasteiger partial charge in [0.15, 0.2) is 0 Å². The molecule has 0 radical (unpaired) electrons. The number of fused-ring (bicyclic) bond motifs is 1. The molecule has 1 heterocycles. The Kier molecular flexibility index (Phi) is 4.99. The van der Waals surface area contributed by atoms with Crippen LogP contribution in [0.3, 0.4) is 0 Å². The first-order valence-electron chi connectivity index (χ1n) is 6.34. The summed E-state index contributed by atoms with van der Waals surface area (Å²) in [5.74, 6) is 0.923. The van der Waals surface area contributed by atoms with Gasteiger partial charge in [-0.2, -0.15) is 0 Å². The van der Waals surface area contributed by atoms with E-state index in [1.807, 2.05) is 0 Å². The Balaban J connectivity index is 0.000000704. The van der Waals surface area contributed by atoms with Crippen molar-refractivity contribution in [2.75, 3.05) is 5.75 Å². The lowest BCUT2D eigenvalue weighted by Gasteiger charge is -2.18. The molecule has 0 aromatic heterocycles. The number of thioether (sulfide) groups is 1. The fourth-order valence-corrected chi connectivity index (χ4v) is 3.29. The zero-order chi connectivity index (χ0) is 14.5. The molecule has 3 heteroatoms. The van der Waals surface area contributed by atoms with Crippen LogP contribution in [-0.2, 0) is 6.54 Å². The van der Waals surface area contributed by atoms with Crippen molar-refractivity contribution in [2.45, 2.75) is 6.54 Å². The lowest BCUT2D eigenvalue weighted by molar-refractivity contribution is 0.539. The summed E-state index contributed by atoms with van der Waals surface area (Å²) < 4.78 is 0.938. The van der Waals surface area contributed by atoms with E-state index >= 15 is 0 Å². The predicted octanol–water partition coefficient (Wildman–Crippen LogP) is 4.99. The summed E-state index contributed by atoms with van der Waals surface area (Å²) in [6, 6.07) is 15.0. The van der Waals surface area contributed by atoms with Crippen molar-refractivity contribution >= 4 is 39.1 Å². The molecule has 3 rings (SSSR count). The maximum atomic E-state index is 5.34. The maximum absolute atomic E-state index is 5.34. The second-order valence-corrected chi connectivity index (χ2v) is 6.00. The molecule has 0 spiro atoms. The molecule has 0 saturated carbocycles.